The number of aliphatic hydroxyl groups is 1. The van der Waals surface area contributed by atoms with Gasteiger partial charge in [0.1, 0.15) is 4.90 Å². The van der Waals surface area contributed by atoms with Crippen molar-refractivity contribution in [2.75, 3.05) is 55.8 Å². The van der Waals surface area contributed by atoms with E-state index in [9.17, 15) is 44.5 Å². The van der Waals surface area contributed by atoms with Crippen LogP contribution in [-0.4, -0.2) is 99.7 Å². The zero-order chi connectivity index (χ0) is 48.6. The molecule has 22 heteroatoms. The average Bonchev–Trinajstić information content (AvgIpc) is 3.29. The number of sulfone groups is 1. The number of likely N-dealkylation sites (N-methyl/N-ethyl adjacent to an activating group) is 1. The monoisotopic (exact) mass is 1020 g/mol. The fourth-order valence-corrected chi connectivity index (χ4v) is 11.0. The van der Waals surface area contributed by atoms with Gasteiger partial charge >= 0.3 is 13.3 Å². The van der Waals surface area contributed by atoms with Crippen molar-refractivity contribution >= 4 is 68.3 Å². The number of amides is 1. The quantitative estimate of drug-likeness (QED) is 0.0368. The minimum absolute atomic E-state index is 0.0407. The minimum Gasteiger partial charge on any atom is -0.388 e. The van der Waals surface area contributed by atoms with Crippen molar-refractivity contribution in [3.63, 3.8) is 0 Å². The second kappa shape index (κ2) is 22.3. The summed E-state index contributed by atoms with van der Waals surface area (Å²) < 4.78 is 113. The fourth-order valence-electron chi connectivity index (χ4n) is 7.51. The van der Waals surface area contributed by atoms with Gasteiger partial charge in [0.25, 0.3) is 25.8 Å². The molecule has 360 valence electrons. The molecule has 0 radical (unpaired) electrons. The fraction of sp³-hybridized carbons (Fsp3) is 0.311. The van der Waals surface area contributed by atoms with E-state index >= 15 is 0 Å². The van der Waals surface area contributed by atoms with Crippen LogP contribution in [0.4, 0.5) is 24.5 Å². The SMILES string of the molecule is CN(CCOP(=O)(O)O)CC[C@@H](CSc1ccccc1)Nc1ccc(S(=O)(=O)NC(=O)c2ccc(N3CCC([C@@H](O)c4ccccc4-c4ccc(Cl)cc4)CC3)cc2)cc1S(=O)(=O)C(F)(F)F. The Bertz CT molecular complexity index is 2750. The number of carbonyl (C=O) groups is 1. The molecule has 0 aromatic heterocycles. The Morgan fingerprint density at radius 2 is 1.55 bits per heavy atom. The van der Waals surface area contributed by atoms with Crippen LogP contribution in [0.25, 0.3) is 11.1 Å². The van der Waals surface area contributed by atoms with Gasteiger partial charge < -0.3 is 30.0 Å². The van der Waals surface area contributed by atoms with Gasteiger partial charge in [-0.3, -0.25) is 9.32 Å². The highest BCUT2D eigenvalue weighted by Crippen LogP contribution is 2.39. The Labute approximate surface area is 396 Å². The molecule has 1 fully saturated rings. The summed E-state index contributed by atoms with van der Waals surface area (Å²) >= 11 is 7.41. The second-order valence-electron chi connectivity index (χ2n) is 15.8. The van der Waals surface area contributed by atoms with E-state index in [-0.39, 0.29) is 43.4 Å². The van der Waals surface area contributed by atoms with E-state index in [1.165, 1.54) is 23.9 Å². The van der Waals surface area contributed by atoms with Crippen LogP contribution in [0.2, 0.25) is 5.02 Å². The molecule has 0 saturated carbocycles. The lowest BCUT2D eigenvalue weighted by Crippen LogP contribution is -2.36. The lowest BCUT2D eigenvalue weighted by atomic mass is 9.84. The Hall–Kier alpha value is -4.47. The molecule has 5 aromatic rings. The van der Waals surface area contributed by atoms with E-state index in [1.54, 1.807) is 66.5 Å². The van der Waals surface area contributed by atoms with Gasteiger partial charge in [-0.05, 0) is 122 Å². The number of rotatable bonds is 20. The molecule has 1 aliphatic heterocycles. The number of nitrogens with one attached hydrogen (secondary N) is 2. The summed E-state index contributed by atoms with van der Waals surface area (Å²) in [6.07, 6.45) is 0.773. The Kier molecular flexibility index (Phi) is 17.3. The summed E-state index contributed by atoms with van der Waals surface area (Å²) in [6, 6.07) is 31.5. The van der Waals surface area contributed by atoms with Gasteiger partial charge in [-0.25, -0.2) is 26.1 Å². The van der Waals surface area contributed by atoms with Crippen molar-refractivity contribution in [2.24, 2.45) is 5.92 Å². The van der Waals surface area contributed by atoms with Gasteiger partial charge in [0.05, 0.1) is 23.3 Å². The topological polar surface area (TPSA) is 203 Å². The molecule has 0 spiro atoms. The molecule has 1 aliphatic rings. The summed E-state index contributed by atoms with van der Waals surface area (Å²) in [7, 11) is -14.2. The van der Waals surface area contributed by atoms with Crippen LogP contribution in [0, 0.1) is 5.92 Å². The lowest BCUT2D eigenvalue weighted by Gasteiger charge is -2.36. The van der Waals surface area contributed by atoms with Crippen LogP contribution < -0.4 is 14.9 Å². The zero-order valence-electron chi connectivity index (χ0n) is 35.9. The van der Waals surface area contributed by atoms with E-state index in [4.69, 9.17) is 21.4 Å². The van der Waals surface area contributed by atoms with E-state index < -0.39 is 66.7 Å². The molecule has 0 unspecified atom stereocenters. The summed E-state index contributed by atoms with van der Waals surface area (Å²) in [5, 5.41) is 15.0. The maximum absolute atomic E-state index is 14.2. The van der Waals surface area contributed by atoms with Crippen molar-refractivity contribution in [1.29, 1.82) is 0 Å². The van der Waals surface area contributed by atoms with Crippen LogP contribution >= 0.6 is 31.2 Å². The first kappa shape index (κ1) is 51.9. The number of nitrogens with zero attached hydrogens (tertiary/aromatic N) is 2. The molecule has 1 heterocycles. The number of piperidine rings is 1. The van der Waals surface area contributed by atoms with E-state index in [1.807, 2.05) is 41.1 Å². The van der Waals surface area contributed by atoms with Crippen molar-refractivity contribution < 1.29 is 58.8 Å². The van der Waals surface area contributed by atoms with Gasteiger partial charge in [-0.2, -0.15) is 13.2 Å². The molecule has 1 amide bonds. The maximum Gasteiger partial charge on any atom is 0.501 e. The number of carbonyl (C=O) groups excluding carboxylic acids is 1. The zero-order valence-corrected chi connectivity index (χ0v) is 40.0. The van der Waals surface area contributed by atoms with Gasteiger partial charge in [0, 0.05) is 52.6 Å². The average molecular weight is 1030 g/mol. The number of sulfonamides is 1. The molecule has 2 atom stereocenters. The number of hydrogen-bond donors (Lipinski definition) is 5. The van der Waals surface area contributed by atoms with Gasteiger partial charge in [0.2, 0.25) is 0 Å². The van der Waals surface area contributed by atoms with Gasteiger partial charge in [-0.15, -0.1) is 11.8 Å². The summed E-state index contributed by atoms with van der Waals surface area (Å²) in [4.78, 5) is 33.5. The van der Waals surface area contributed by atoms with Gasteiger partial charge in [-0.1, -0.05) is 66.2 Å². The summed E-state index contributed by atoms with van der Waals surface area (Å²) in [5.41, 5.74) is -3.06. The largest absolute Gasteiger partial charge is 0.501 e. The molecule has 14 nitrogen and oxygen atoms in total. The predicted octanol–water partition coefficient (Wildman–Crippen LogP) is 8.37. The number of phosphoric ester groups is 1. The lowest BCUT2D eigenvalue weighted by molar-refractivity contribution is -0.0436. The molecule has 5 N–H and O–H groups in total. The first-order valence-electron chi connectivity index (χ1n) is 20.8. The van der Waals surface area contributed by atoms with Crippen molar-refractivity contribution in [3.8, 4) is 11.1 Å². The third-order valence-electron chi connectivity index (χ3n) is 11.1. The number of benzene rings is 5. The third-order valence-corrected chi connectivity index (χ3v) is 15.9. The standard InChI is InChI=1S/C45H49ClF3N4O10PS3/c1-52(27-28-63-64(56,57)58)24-23-35(30-65-37-7-3-2-4-8-37)50-41-20-19-38(29-42(41)66(59,60)45(47,48)49)67(61,62)51-44(55)33-13-17-36(18-14-33)53-25-21-32(22-26-53)43(54)40-10-6-5-9-39(40)31-11-15-34(46)16-12-31/h2-20,29,32,35,43,50,54H,21-28,30H2,1H3,(H,51,55)(H2,56,57,58)/t35-,43+/m0/s1. The molecular formula is C45H49ClF3N4O10PS3. The predicted molar refractivity (Wildman–Crippen MR) is 252 cm³/mol. The molecule has 5 aromatic carbocycles. The number of phosphoric acid groups is 1. The molecule has 67 heavy (non-hydrogen) atoms. The Morgan fingerprint density at radius 1 is 0.910 bits per heavy atom. The highest BCUT2D eigenvalue weighted by Gasteiger charge is 2.48. The number of alkyl halides is 3. The Balaban J connectivity index is 1.13. The number of anilines is 2. The van der Waals surface area contributed by atoms with E-state index in [0.29, 0.717) is 37.0 Å². The number of thioether (sulfide) groups is 1. The molecule has 0 aliphatic carbocycles. The van der Waals surface area contributed by atoms with Crippen LogP contribution in [0.1, 0.15) is 41.3 Å². The molecule has 0 bridgehead atoms. The van der Waals surface area contributed by atoms with Gasteiger partial charge in [0.15, 0.2) is 0 Å². The second-order valence-corrected chi connectivity index (χ2v) is 22.2. The van der Waals surface area contributed by atoms with Crippen molar-refractivity contribution in [1.82, 2.24) is 9.62 Å². The van der Waals surface area contributed by atoms with Crippen molar-refractivity contribution in [2.45, 2.75) is 51.6 Å². The number of hydrogen-bond acceptors (Lipinski definition) is 12. The number of halogens is 4. The number of aliphatic hydroxyl groups excluding tert-OH is 1. The van der Waals surface area contributed by atoms with E-state index in [0.717, 1.165) is 39.4 Å². The Morgan fingerprint density at radius 3 is 2.19 bits per heavy atom. The van der Waals surface area contributed by atoms with Crippen LogP contribution in [0.15, 0.2) is 136 Å². The first-order chi connectivity index (χ1) is 31.6. The maximum atomic E-state index is 14.2. The smallest absolute Gasteiger partial charge is 0.388 e. The molecule has 1 saturated heterocycles. The third kappa shape index (κ3) is 14.1. The highest BCUT2D eigenvalue weighted by atomic mass is 35.5. The molecule has 6 rings (SSSR count). The highest BCUT2D eigenvalue weighted by molar-refractivity contribution is 7.99. The van der Waals surface area contributed by atoms with Crippen LogP contribution in [0.5, 0.6) is 0 Å². The normalized spacial score (nSPS) is 15.0. The van der Waals surface area contributed by atoms with Crippen LogP contribution in [-0.2, 0) is 28.9 Å². The van der Waals surface area contributed by atoms with Crippen molar-refractivity contribution in [3.05, 3.63) is 137 Å². The molecular weight excluding hydrogens is 976 g/mol. The summed E-state index contributed by atoms with van der Waals surface area (Å²) in [6.45, 7) is 1.15. The van der Waals surface area contributed by atoms with E-state index in [2.05, 4.69) is 14.7 Å². The first-order valence-corrected chi connectivity index (χ1v) is 26.7. The summed E-state index contributed by atoms with van der Waals surface area (Å²) in [5.74, 6) is -0.941. The minimum atomic E-state index is -6.16. The van der Waals surface area contributed by atoms with Crippen LogP contribution in [0.3, 0.4) is 0 Å².